The van der Waals surface area contributed by atoms with Crippen LogP contribution in [-0.2, 0) is 16.7 Å². The molecule has 2 aromatic rings. The van der Waals surface area contributed by atoms with Gasteiger partial charge in [0.1, 0.15) is 11.5 Å². The fraction of sp³-hybridized carbons (Fsp3) is 0.381. The van der Waals surface area contributed by atoms with Gasteiger partial charge in [-0.25, -0.2) is 0 Å². The predicted molar refractivity (Wildman–Crippen MR) is 109 cm³/mol. The van der Waals surface area contributed by atoms with E-state index in [2.05, 4.69) is 0 Å². The van der Waals surface area contributed by atoms with E-state index in [1.54, 1.807) is 54.5 Å². The highest BCUT2D eigenvalue weighted by atomic mass is 32.2. The lowest BCUT2D eigenvalue weighted by atomic mass is 10.1. The number of carbonyl (C=O) groups excluding carboxylic acids is 1. The smallest absolute Gasteiger partial charge is 0.308 e. The molecule has 0 N–H and O–H groups in total. The van der Waals surface area contributed by atoms with Gasteiger partial charge in [0.05, 0.1) is 12.9 Å². The van der Waals surface area contributed by atoms with E-state index in [0.717, 1.165) is 5.56 Å². The highest BCUT2D eigenvalue weighted by Crippen LogP contribution is 2.20. The molecule has 2 rings (SSSR count). The van der Waals surface area contributed by atoms with Gasteiger partial charge in [0.2, 0.25) is 0 Å². The average Bonchev–Trinajstić information content (AvgIpc) is 2.66. The van der Waals surface area contributed by atoms with Crippen molar-refractivity contribution in [2.24, 2.45) is 5.92 Å². The summed E-state index contributed by atoms with van der Waals surface area (Å²) in [7, 11) is -2.04. The summed E-state index contributed by atoms with van der Waals surface area (Å²) in [6.07, 6.45) is 0. The Labute approximate surface area is 167 Å². The molecular formula is C21H27NO5S. The Morgan fingerprint density at radius 3 is 2.39 bits per heavy atom. The normalized spacial score (nSPS) is 11.3. The zero-order chi connectivity index (χ0) is 20.7. The van der Waals surface area contributed by atoms with Crippen molar-refractivity contribution >= 4 is 16.0 Å². The SMILES string of the molecule is CCS(=O)(=O)Oc1cccc(CN(CC(C)C)C(=O)c2cccc(OC)c2)c1. The van der Waals surface area contributed by atoms with Crippen molar-refractivity contribution in [1.82, 2.24) is 4.90 Å². The topological polar surface area (TPSA) is 72.9 Å². The number of methoxy groups -OCH3 is 1. The van der Waals surface area contributed by atoms with Crippen molar-refractivity contribution in [3.05, 3.63) is 59.7 Å². The minimum Gasteiger partial charge on any atom is -0.497 e. The van der Waals surface area contributed by atoms with Crippen molar-refractivity contribution in [1.29, 1.82) is 0 Å². The first-order valence-electron chi connectivity index (χ1n) is 9.18. The summed E-state index contributed by atoms with van der Waals surface area (Å²) in [4.78, 5) is 14.8. The van der Waals surface area contributed by atoms with Gasteiger partial charge in [-0.15, -0.1) is 0 Å². The van der Waals surface area contributed by atoms with E-state index in [4.69, 9.17) is 8.92 Å². The molecule has 152 valence electrons. The second-order valence-electron chi connectivity index (χ2n) is 6.89. The molecule has 0 aliphatic rings. The van der Waals surface area contributed by atoms with Gasteiger partial charge in [-0.1, -0.05) is 32.0 Å². The van der Waals surface area contributed by atoms with Crippen LogP contribution in [0.25, 0.3) is 0 Å². The first-order chi connectivity index (χ1) is 13.2. The maximum atomic E-state index is 13.1. The molecule has 0 bridgehead atoms. The molecule has 0 fully saturated rings. The molecule has 6 nitrogen and oxygen atoms in total. The molecule has 0 radical (unpaired) electrons. The molecule has 0 unspecified atom stereocenters. The number of nitrogens with zero attached hydrogens (tertiary/aromatic N) is 1. The van der Waals surface area contributed by atoms with E-state index in [0.29, 0.717) is 24.4 Å². The summed E-state index contributed by atoms with van der Waals surface area (Å²) >= 11 is 0. The predicted octanol–water partition coefficient (Wildman–Crippen LogP) is 3.72. The van der Waals surface area contributed by atoms with Crippen molar-refractivity contribution in [3.8, 4) is 11.5 Å². The highest BCUT2D eigenvalue weighted by molar-refractivity contribution is 7.87. The van der Waals surface area contributed by atoms with Crippen molar-refractivity contribution < 1.29 is 22.1 Å². The monoisotopic (exact) mass is 405 g/mol. The van der Waals surface area contributed by atoms with E-state index in [9.17, 15) is 13.2 Å². The van der Waals surface area contributed by atoms with E-state index >= 15 is 0 Å². The van der Waals surface area contributed by atoms with Crippen LogP contribution in [-0.4, -0.2) is 38.6 Å². The highest BCUT2D eigenvalue weighted by Gasteiger charge is 2.19. The molecule has 7 heteroatoms. The van der Waals surface area contributed by atoms with E-state index < -0.39 is 10.1 Å². The lowest BCUT2D eigenvalue weighted by molar-refractivity contribution is 0.0722. The molecule has 0 aromatic heterocycles. The van der Waals surface area contributed by atoms with Gasteiger partial charge in [-0.3, -0.25) is 4.79 Å². The van der Waals surface area contributed by atoms with Gasteiger partial charge in [0, 0.05) is 18.7 Å². The van der Waals surface area contributed by atoms with Gasteiger partial charge in [-0.2, -0.15) is 8.42 Å². The lowest BCUT2D eigenvalue weighted by Gasteiger charge is -2.25. The molecule has 0 heterocycles. The minimum absolute atomic E-state index is 0.106. The average molecular weight is 406 g/mol. The van der Waals surface area contributed by atoms with Gasteiger partial charge in [0.15, 0.2) is 0 Å². The van der Waals surface area contributed by atoms with Gasteiger partial charge < -0.3 is 13.8 Å². The molecule has 2 aromatic carbocycles. The largest absolute Gasteiger partial charge is 0.497 e. The second kappa shape index (κ2) is 9.59. The van der Waals surface area contributed by atoms with Crippen LogP contribution >= 0.6 is 0 Å². The first kappa shape index (κ1) is 21.8. The van der Waals surface area contributed by atoms with Crippen LogP contribution in [0.15, 0.2) is 48.5 Å². The molecule has 0 aliphatic heterocycles. The lowest BCUT2D eigenvalue weighted by Crippen LogP contribution is -2.33. The molecular weight excluding hydrogens is 378 g/mol. The standard InChI is InChI=1S/C21H27NO5S/c1-5-28(24,25)27-20-11-6-8-17(12-20)15-22(14-16(2)3)21(23)18-9-7-10-19(13-18)26-4/h6-13,16H,5,14-15H2,1-4H3. The molecule has 0 aliphatic carbocycles. The maximum absolute atomic E-state index is 13.1. The maximum Gasteiger partial charge on any atom is 0.308 e. The number of hydrogen-bond donors (Lipinski definition) is 0. The summed E-state index contributed by atoms with van der Waals surface area (Å²) in [5.41, 5.74) is 1.33. The van der Waals surface area contributed by atoms with Gasteiger partial charge >= 0.3 is 10.1 Å². The number of benzene rings is 2. The minimum atomic E-state index is -3.60. The van der Waals surface area contributed by atoms with Gasteiger partial charge in [0.25, 0.3) is 5.91 Å². The van der Waals surface area contributed by atoms with E-state index in [1.165, 1.54) is 6.92 Å². The summed E-state index contributed by atoms with van der Waals surface area (Å²) in [5, 5.41) is 0. The van der Waals surface area contributed by atoms with Crippen LogP contribution in [0.2, 0.25) is 0 Å². The van der Waals surface area contributed by atoms with Crippen molar-refractivity contribution in [2.75, 3.05) is 19.4 Å². The van der Waals surface area contributed by atoms with Crippen LogP contribution in [0.4, 0.5) is 0 Å². The number of rotatable bonds is 9. The molecule has 28 heavy (non-hydrogen) atoms. The molecule has 0 saturated heterocycles. The Balaban J connectivity index is 2.25. The van der Waals surface area contributed by atoms with Crippen LogP contribution < -0.4 is 8.92 Å². The Morgan fingerprint density at radius 2 is 1.75 bits per heavy atom. The number of amides is 1. The summed E-state index contributed by atoms with van der Waals surface area (Å²) in [6.45, 7) is 6.51. The van der Waals surface area contributed by atoms with Crippen LogP contribution in [0.1, 0.15) is 36.7 Å². The van der Waals surface area contributed by atoms with Crippen LogP contribution in [0, 0.1) is 5.92 Å². The summed E-state index contributed by atoms with van der Waals surface area (Å²) in [6, 6.07) is 13.8. The van der Waals surface area contributed by atoms with Crippen molar-refractivity contribution in [2.45, 2.75) is 27.3 Å². The third kappa shape index (κ3) is 6.27. The second-order valence-corrected chi connectivity index (χ2v) is 8.75. The van der Waals surface area contributed by atoms with Crippen molar-refractivity contribution in [3.63, 3.8) is 0 Å². The first-order valence-corrected chi connectivity index (χ1v) is 10.8. The third-order valence-electron chi connectivity index (χ3n) is 4.04. The Bertz CT molecular complexity index is 909. The van der Waals surface area contributed by atoms with E-state index in [1.807, 2.05) is 19.9 Å². The van der Waals surface area contributed by atoms with Crippen LogP contribution in [0.5, 0.6) is 11.5 Å². The number of ether oxygens (including phenoxy) is 1. The summed E-state index contributed by atoms with van der Waals surface area (Å²) in [5.74, 6) is 0.924. The fourth-order valence-electron chi connectivity index (χ4n) is 2.72. The Kier molecular flexibility index (Phi) is 7.45. The molecule has 1 amide bonds. The molecule has 0 spiro atoms. The number of hydrogen-bond acceptors (Lipinski definition) is 5. The molecule has 0 saturated carbocycles. The third-order valence-corrected chi connectivity index (χ3v) is 5.19. The molecule has 0 atom stereocenters. The Morgan fingerprint density at radius 1 is 1.07 bits per heavy atom. The summed E-state index contributed by atoms with van der Waals surface area (Å²) < 4.78 is 33.7. The Hall–Kier alpha value is -2.54. The number of carbonyl (C=O) groups is 1. The zero-order valence-electron chi connectivity index (χ0n) is 16.7. The quantitative estimate of drug-likeness (QED) is 0.595. The zero-order valence-corrected chi connectivity index (χ0v) is 17.5. The van der Waals surface area contributed by atoms with Crippen LogP contribution in [0.3, 0.4) is 0 Å². The van der Waals surface area contributed by atoms with E-state index in [-0.39, 0.29) is 23.3 Å². The fourth-order valence-corrected chi connectivity index (χ4v) is 3.24. The van der Waals surface area contributed by atoms with Gasteiger partial charge in [-0.05, 0) is 48.7 Å².